The fourth-order valence-corrected chi connectivity index (χ4v) is 12.5. The van der Waals surface area contributed by atoms with Crippen molar-refractivity contribution in [1.29, 1.82) is 0 Å². The van der Waals surface area contributed by atoms with Crippen LogP contribution in [0.4, 0.5) is 0 Å². The summed E-state index contributed by atoms with van der Waals surface area (Å²) in [5, 5.41) is 30.1. The number of nitrogens with zero attached hydrogens (tertiary/aromatic N) is 2. The van der Waals surface area contributed by atoms with Crippen LogP contribution < -0.4 is 10.6 Å². The number of amides is 2. The highest BCUT2D eigenvalue weighted by molar-refractivity contribution is 5.83. The van der Waals surface area contributed by atoms with E-state index in [1.165, 1.54) is 6.42 Å². The van der Waals surface area contributed by atoms with Crippen LogP contribution in [0.25, 0.3) is 0 Å². The van der Waals surface area contributed by atoms with Crippen molar-refractivity contribution in [2.24, 2.45) is 64.6 Å². The van der Waals surface area contributed by atoms with Crippen LogP contribution >= 0.6 is 0 Å². The molecule has 7 rings (SSSR count). The van der Waals surface area contributed by atoms with E-state index in [-0.39, 0.29) is 60.5 Å². The standard InChI is InChI=1S/C42H74N4O7/c1-23(2)15-30(21-45(7)8)43-40(49)32-17-28(16-26-13-14-52-39(26)32)31-12-10-11-27(38(31)51-9)20-46-37(36(25(4)48)35(22-47)53-46)41(50)44-34-19-29-18-33(24(34)3)42(29,5)6/h23-39,47-48H,10-22H2,1-9H3,(H,43,49)(H,44,50)/t24-,25-,26?,27?,28?,29+,30-,31?,32?,33-,34-,35-,36+,37-,38?,39?/m0/s1. The molecule has 0 radical (unpaired) electrons. The van der Waals surface area contributed by atoms with Gasteiger partial charge in [0.2, 0.25) is 11.8 Å². The average molecular weight is 747 g/mol. The van der Waals surface area contributed by atoms with Crippen LogP contribution in [0.5, 0.6) is 0 Å². The summed E-state index contributed by atoms with van der Waals surface area (Å²) in [5.74, 6) is 2.44. The highest BCUT2D eigenvalue weighted by atomic mass is 16.7. The predicted octanol–water partition coefficient (Wildman–Crippen LogP) is 4.10. The molecule has 7 fully saturated rings. The van der Waals surface area contributed by atoms with Crippen molar-refractivity contribution in [2.75, 3.05) is 47.5 Å². The molecule has 7 unspecified atom stereocenters. The van der Waals surface area contributed by atoms with Crippen molar-refractivity contribution in [3.8, 4) is 0 Å². The summed E-state index contributed by atoms with van der Waals surface area (Å²) < 4.78 is 12.7. The molecule has 0 spiro atoms. The SMILES string of the molecule is COC1C(CN2O[C@@H](CO)[C@@H]([C@H](C)O)[C@H]2C(=O)N[C@H]2C[C@H]3C[C@@H]([C@@H]2C)C3(C)C)CCCC1C1CC2CCOC2C(C(=O)N[C@@H](CC(C)C)CN(C)C)C1. The van der Waals surface area contributed by atoms with Crippen LogP contribution in [0.2, 0.25) is 0 Å². The fourth-order valence-electron chi connectivity index (χ4n) is 12.5. The van der Waals surface area contributed by atoms with Crippen LogP contribution in [0.1, 0.15) is 99.3 Å². The minimum absolute atomic E-state index is 0.0281. The van der Waals surface area contributed by atoms with E-state index in [1.54, 1.807) is 12.0 Å². The van der Waals surface area contributed by atoms with Gasteiger partial charge in [0.05, 0.1) is 30.8 Å². The Labute approximate surface area is 319 Å². The van der Waals surface area contributed by atoms with E-state index in [9.17, 15) is 19.8 Å². The molecule has 5 aliphatic carbocycles. The number of likely N-dealkylation sites (N-methyl/N-ethyl adjacent to an activating group) is 1. The number of aliphatic hydroxyl groups excluding tert-OH is 2. The predicted molar refractivity (Wildman–Crippen MR) is 204 cm³/mol. The van der Waals surface area contributed by atoms with Crippen LogP contribution in [0, 0.1) is 64.6 Å². The molecule has 11 heteroatoms. The molecule has 2 bridgehead atoms. The first kappa shape index (κ1) is 41.3. The van der Waals surface area contributed by atoms with Crippen molar-refractivity contribution in [3.63, 3.8) is 0 Å². The molecule has 5 saturated carbocycles. The zero-order valence-electron chi connectivity index (χ0n) is 34.3. The maximum Gasteiger partial charge on any atom is 0.240 e. The lowest BCUT2D eigenvalue weighted by molar-refractivity contribution is -0.193. The summed E-state index contributed by atoms with van der Waals surface area (Å²) in [6.07, 6.45) is 7.43. The van der Waals surface area contributed by atoms with Gasteiger partial charge in [-0.3, -0.25) is 14.4 Å². The Morgan fingerprint density at radius 1 is 1.04 bits per heavy atom. The van der Waals surface area contributed by atoms with Crippen molar-refractivity contribution in [3.05, 3.63) is 0 Å². The Morgan fingerprint density at radius 2 is 1.79 bits per heavy atom. The molecule has 2 amide bonds. The van der Waals surface area contributed by atoms with E-state index >= 15 is 0 Å². The molecular weight excluding hydrogens is 672 g/mol. The van der Waals surface area contributed by atoms with Crippen LogP contribution in [-0.4, -0.2) is 122 Å². The van der Waals surface area contributed by atoms with Crippen LogP contribution in [-0.2, 0) is 23.9 Å². The maximum atomic E-state index is 14.3. The van der Waals surface area contributed by atoms with Gasteiger partial charge in [-0.2, -0.15) is 5.06 Å². The first-order valence-corrected chi connectivity index (χ1v) is 21.3. The number of hydroxylamine groups is 2. The van der Waals surface area contributed by atoms with E-state index in [0.717, 1.165) is 57.9 Å². The highest BCUT2D eigenvalue weighted by Gasteiger charge is 2.58. The second-order valence-electron chi connectivity index (χ2n) is 19.6. The number of carbonyl (C=O) groups is 2. The summed E-state index contributed by atoms with van der Waals surface area (Å²) in [6, 6.07) is -0.511. The third-order valence-electron chi connectivity index (χ3n) is 15.2. The molecule has 0 aromatic rings. The van der Waals surface area contributed by atoms with Gasteiger partial charge in [0.25, 0.3) is 0 Å². The molecule has 304 valence electrons. The van der Waals surface area contributed by atoms with Gasteiger partial charge in [0.1, 0.15) is 12.1 Å². The van der Waals surface area contributed by atoms with E-state index in [4.69, 9.17) is 14.3 Å². The van der Waals surface area contributed by atoms with Crippen LogP contribution in [0.15, 0.2) is 0 Å². The zero-order valence-corrected chi connectivity index (χ0v) is 34.3. The van der Waals surface area contributed by atoms with Gasteiger partial charge in [-0.25, -0.2) is 0 Å². The van der Waals surface area contributed by atoms with Crippen molar-refractivity contribution >= 4 is 11.8 Å². The quantitative estimate of drug-likeness (QED) is 0.208. The van der Waals surface area contributed by atoms with E-state index in [1.807, 2.05) is 7.11 Å². The molecule has 53 heavy (non-hydrogen) atoms. The van der Waals surface area contributed by atoms with Crippen molar-refractivity contribution < 1.29 is 34.1 Å². The van der Waals surface area contributed by atoms with E-state index in [0.29, 0.717) is 54.1 Å². The topological polar surface area (TPSA) is 133 Å². The smallest absolute Gasteiger partial charge is 0.240 e. The summed E-state index contributed by atoms with van der Waals surface area (Å²) in [7, 11) is 5.93. The zero-order chi connectivity index (χ0) is 38.4. The van der Waals surface area contributed by atoms with Crippen molar-refractivity contribution in [2.45, 2.75) is 142 Å². The summed E-state index contributed by atoms with van der Waals surface area (Å²) in [6.45, 7) is 14.9. The van der Waals surface area contributed by atoms with E-state index in [2.05, 4.69) is 64.2 Å². The molecular formula is C42H74N4O7. The second kappa shape index (κ2) is 17.0. The second-order valence-corrected chi connectivity index (χ2v) is 19.6. The Bertz CT molecular complexity index is 1240. The molecule has 2 saturated heterocycles. The summed E-state index contributed by atoms with van der Waals surface area (Å²) in [4.78, 5) is 37.0. The third-order valence-corrected chi connectivity index (χ3v) is 15.2. The molecule has 11 nitrogen and oxygen atoms in total. The lowest BCUT2D eigenvalue weighted by Gasteiger charge is -2.62. The molecule has 4 N–H and O–H groups in total. The van der Waals surface area contributed by atoms with Crippen LogP contribution in [0.3, 0.4) is 0 Å². The minimum Gasteiger partial charge on any atom is -0.394 e. The Morgan fingerprint density at radius 3 is 2.42 bits per heavy atom. The first-order valence-electron chi connectivity index (χ1n) is 21.3. The Balaban J connectivity index is 1.17. The number of hydrogen-bond acceptors (Lipinski definition) is 9. The van der Waals surface area contributed by atoms with Gasteiger partial charge < -0.3 is 35.2 Å². The van der Waals surface area contributed by atoms with Gasteiger partial charge in [-0.1, -0.05) is 41.0 Å². The molecule has 2 aliphatic heterocycles. The van der Waals surface area contributed by atoms with Gasteiger partial charge in [-0.05, 0) is 119 Å². The Kier molecular flexibility index (Phi) is 13.3. The average Bonchev–Trinajstić information content (AvgIpc) is 3.72. The monoisotopic (exact) mass is 747 g/mol. The number of nitrogens with one attached hydrogen (secondary N) is 2. The third kappa shape index (κ3) is 8.52. The van der Waals surface area contributed by atoms with Gasteiger partial charge in [-0.15, -0.1) is 0 Å². The van der Waals surface area contributed by atoms with Gasteiger partial charge >= 0.3 is 0 Å². The fraction of sp³-hybridized carbons (Fsp3) is 0.952. The molecule has 16 atom stereocenters. The van der Waals surface area contributed by atoms with Crippen molar-refractivity contribution in [1.82, 2.24) is 20.6 Å². The molecule has 7 aliphatic rings. The highest BCUT2D eigenvalue weighted by Crippen LogP contribution is 2.61. The van der Waals surface area contributed by atoms with Gasteiger partial charge in [0, 0.05) is 50.7 Å². The van der Waals surface area contributed by atoms with Gasteiger partial charge in [0.15, 0.2) is 0 Å². The molecule has 0 aromatic heterocycles. The molecule has 0 aromatic carbocycles. The lowest BCUT2D eigenvalue weighted by atomic mass is 9.45. The number of rotatable bonds is 14. The summed E-state index contributed by atoms with van der Waals surface area (Å²) >= 11 is 0. The number of ether oxygens (including phenoxy) is 2. The number of carbonyl (C=O) groups excluding carboxylic acids is 2. The van der Waals surface area contributed by atoms with E-state index < -0.39 is 24.2 Å². The molecule has 2 heterocycles. The lowest BCUT2D eigenvalue weighted by Crippen LogP contribution is -2.62. The number of hydrogen-bond donors (Lipinski definition) is 4. The normalized spacial score (nSPS) is 42.2. The number of aliphatic hydroxyl groups is 2. The first-order chi connectivity index (χ1) is 25.1. The largest absolute Gasteiger partial charge is 0.394 e. The Hall–Kier alpha value is -1.34. The number of fused-ring (bicyclic) bond motifs is 3. The number of methoxy groups -OCH3 is 1. The maximum absolute atomic E-state index is 14.3. The minimum atomic E-state index is -0.828. The summed E-state index contributed by atoms with van der Waals surface area (Å²) in [5.41, 5.74) is 0.316.